The summed E-state index contributed by atoms with van der Waals surface area (Å²) in [5.74, 6) is 0. The maximum atomic E-state index is 3.56. The predicted octanol–water partition coefficient (Wildman–Crippen LogP) is 7.65. The van der Waals surface area contributed by atoms with E-state index in [1.165, 1.54) is 17.0 Å². The Bertz CT molecular complexity index is 1080. The monoisotopic (exact) mass is 556 g/mol. The minimum absolute atomic E-state index is 0.218. The molecular formula is C30H50N2P2Si2. The van der Waals surface area contributed by atoms with Crippen LogP contribution in [0.15, 0.2) is 48.8 Å². The fraction of sp³-hybridized carbons (Fsp3) is 0.533. The molecule has 2 nitrogen and oxygen atoms in total. The van der Waals surface area contributed by atoms with Crippen molar-refractivity contribution >= 4 is 53.2 Å². The third-order valence-electron chi connectivity index (χ3n) is 6.98. The third kappa shape index (κ3) is 7.13. The van der Waals surface area contributed by atoms with E-state index in [-0.39, 0.29) is 7.92 Å². The Balaban J connectivity index is 2.24. The molecule has 0 spiro atoms. The lowest BCUT2D eigenvalue weighted by Crippen LogP contribution is -2.56. The molecule has 0 saturated carbocycles. The fourth-order valence-electron chi connectivity index (χ4n) is 5.32. The maximum absolute atomic E-state index is 3.56. The molecule has 0 radical (unpaired) electrons. The number of hydrogen-bond donors (Lipinski definition) is 2. The number of rotatable bonds is 8. The maximum Gasteiger partial charge on any atom is 0.0774 e. The Morgan fingerprint density at radius 3 is 1.33 bits per heavy atom. The molecule has 2 heterocycles. The molecule has 2 aromatic heterocycles. The number of benzene rings is 1. The zero-order chi connectivity index (χ0) is 27.1. The van der Waals surface area contributed by atoms with Crippen LogP contribution in [-0.4, -0.2) is 36.4 Å². The molecule has 0 amide bonds. The van der Waals surface area contributed by atoms with Crippen molar-refractivity contribution in [2.24, 2.45) is 0 Å². The molecule has 0 aliphatic heterocycles. The van der Waals surface area contributed by atoms with Crippen LogP contribution in [0.2, 0.25) is 39.3 Å². The minimum atomic E-state index is -1.51. The minimum Gasteiger partial charge on any atom is -0.361 e. The van der Waals surface area contributed by atoms with Crippen molar-refractivity contribution in [3.8, 4) is 0 Å². The van der Waals surface area contributed by atoms with E-state index in [0.29, 0.717) is 10.3 Å². The highest BCUT2D eigenvalue weighted by Crippen LogP contribution is 2.61. The van der Waals surface area contributed by atoms with Crippen LogP contribution < -0.4 is 21.2 Å². The molecule has 0 unspecified atom stereocenters. The van der Waals surface area contributed by atoms with E-state index in [2.05, 4.69) is 140 Å². The Morgan fingerprint density at radius 2 is 1.03 bits per heavy atom. The molecule has 36 heavy (non-hydrogen) atoms. The van der Waals surface area contributed by atoms with Crippen LogP contribution in [0.25, 0.3) is 0 Å². The molecule has 6 heteroatoms. The second-order valence-corrected chi connectivity index (χ2v) is 30.4. The summed E-state index contributed by atoms with van der Waals surface area (Å²) in [4.78, 5) is 7.13. The number of aromatic amines is 2. The van der Waals surface area contributed by atoms with Crippen LogP contribution >= 0.6 is 15.8 Å². The van der Waals surface area contributed by atoms with Gasteiger partial charge in [0.1, 0.15) is 0 Å². The molecule has 0 aliphatic rings. The van der Waals surface area contributed by atoms with Gasteiger partial charge in [-0.2, -0.15) is 0 Å². The number of H-pyrrole nitrogens is 2. The highest BCUT2D eigenvalue weighted by atomic mass is 31.1. The molecule has 0 atom stereocenters. The molecule has 0 fully saturated rings. The average molecular weight is 557 g/mol. The van der Waals surface area contributed by atoms with Crippen LogP contribution in [-0.2, 0) is 12.3 Å². The van der Waals surface area contributed by atoms with E-state index in [0.717, 1.165) is 6.16 Å². The van der Waals surface area contributed by atoms with Gasteiger partial charge in [0, 0.05) is 29.4 Å². The molecule has 0 saturated heterocycles. The summed E-state index contributed by atoms with van der Waals surface area (Å²) in [5.41, 5.74) is 5.93. The van der Waals surface area contributed by atoms with E-state index >= 15 is 0 Å². The largest absolute Gasteiger partial charge is 0.361 e. The van der Waals surface area contributed by atoms with Crippen molar-refractivity contribution in [2.75, 3.05) is 0 Å². The van der Waals surface area contributed by atoms with Crippen molar-refractivity contribution in [2.45, 2.75) is 103 Å². The summed E-state index contributed by atoms with van der Waals surface area (Å²) in [7, 11) is -3.73. The highest BCUT2D eigenvalue weighted by Gasteiger charge is 2.36. The summed E-state index contributed by atoms with van der Waals surface area (Å²) >= 11 is 0. The standard InChI is InChI=1S/C30H50N2P2Si2/c1-29(2,3)34(30(4,5)6)22-24-20-26(36(10,11)12)25(35(7,8)9)19-23(24)21-33(27-15-13-17-31-27)28-16-14-18-32-28/h13-20,31-32H,21-22H2,1-12H3. The summed E-state index contributed by atoms with van der Waals surface area (Å²) < 4.78 is 0. The van der Waals surface area contributed by atoms with E-state index in [4.69, 9.17) is 0 Å². The summed E-state index contributed by atoms with van der Waals surface area (Å²) in [5, 5.41) is 4.03. The molecule has 1 aromatic carbocycles. The molecule has 3 rings (SSSR count). The van der Waals surface area contributed by atoms with Crippen molar-refractivity contribution in [1.29, 1.82) is 0 Å². The zero-order valence-corrected chi connectivity index (χ0v) is 28.7. The Kier molecular flexibility index (Phi) is 8.79. The molecule has 0 bridgehead atoms. The van der Waals surface area contributed by atoms with Crippen molar-refractivity contribution in [3.63, 3.8) is 0 Å². The molecule has 0 aliphatic carbocycles. The Hall–Kier alpha value is -0.926. The molecule has 3 aromatic rings. The van der Waals surface area contributed by atoms with Gasteiger partial charge in [-0.3, -0.25) is 0 Å². The first-order valence-corrected chi connectivity index (χ1v) is 23.4. The topological polar surface area (TPSA) is 31.6 Å². The zero-order valence-electron chi connectivity index (χ0n) is 24.9. The van der Waals surface area contributed by atoms with E-state index in [1.54, 1.807) is 21.5 Å². The van der Waals surface area contributed by atoms with Crippen LogP contribution in [0.3, 0.4) is 0 Å². The van der Waals surface area contributed by atoms with Gasteiger partial charge in [0.25, 0.3) is 0 Å². The van der Waals surface area contributed by atoms with Gasteiger partial charge in [0.2, 0.25) is 0 Å². The molecule has 198 valence electrons. The first-order chi connectivity index (χ1) is 16.4. The van der Waals surface area contributed by atoms with Crippen LogP contribution in [0.4, 0.5) is 0 Å². The summed E-state index contributed by atoms with van der Waals surface area (Å²) in [6.45, 7) is 30.0. The lowest BCUT2D eigenvalue weighted by Gasteiger charge is -2.42. The number of aromatic nitrogens is 2. The Morgan fingerprint density at radius 1 is 0.639 bits per heavy atom. The van der Waals surface area contributed by atoms with E-state index < -0.39 is 24.1 Å². The second kappa shape index (κ2) is 10.7. The van der Waals surface area contributed by atoms with Gasteiger partial charge < -0.3 is 9.97 Å². The van der Waals surface area contributed by atoms with Crippen LogP contribution in [0.5, 0.6) is 0 Å². The SMILES string of the molecule is CC(C)(C)P(Cc1cc([Si](C)(C)C)c([Si](C)(C)C)cc1CP(c1ccc[nH]1)c1ccc[nH]1)C(C)(C)C. The highest BCUT2D eigenvalue weighted by molar-refractivity contribution is 7.71. The van der Waals surface area contributed by atoms with Crippen LogP contribution in [0, 0.1) is 0 Å². The van der Waals surface area contributed by atoms with Gasteiger partial charge in [-0.1, -0.05) is 111 Å². The van der Waals surface area contributed by atoms with Gasteiger partial charge in [0.15, 0.2) is 0 Å². The van der Waals surface area contributed by atoms with E-state index in [1.807, 2.05) is 0 Å². The van der Waals surface area contributed by atoms with Gasteiger partial charge in [0.05, 0.1) is 16.1 Å². The first-order valence-electron chi connectivity index (χ1n) is 13.4. The van der Waals surface area contributed by atoms with Crippen molar-refractivity contribution in [3.05, 3.63) is 59.9 Å². The third-order valence-corrected chi connectivity index (χ3v) is 17.6. The quantitative estimate of drug-likeness (QED) is 0.211. The van der Waals surface area contributed by atoms with Gasteiger partial charge >= 0.3 is 0 Å². The number of nitrogens with one attached hydrogen (secondary N) is 2. The van der Waals surface area contributed by atoms with Gasteiger partial charge in [-0.25, -0.2) is 0 Å². The predicted molar refractivity (Wildman–Crippen MR) is 174 cm³/mol. The summed E-state index contributed by atoms with van der Waals surface area (Å²) in [6.07, 6.45) is 6.45. The van der Waals surface area contributed by atoms with Gasteiger partial charge in [-0.05, 0) is 59.8 Å². The molecule has 2 N–H and O–H groups in total. The van der Waals surface area contributed by atoms with E-state index in [9.17, 15) is 0 Å². The van der Waals surface area contributed by atoms with Gasteiger partial charge in [-0.15, -0.1) is 0 Å². The van der Waals surface area contributed by atoms with Crippen LogP contribution in [0.1, 0.15) is 52.7 Å². The average Bonchev–Trinajstić information content (AvgIpc) is 3.41. The smallest absolute Gasteiger partial charge is 0.0774 e. The Labute approximate surface area is 226 Å². The van der Waals surface area contributed by atoms with Crippen molar-refractivity contribution in [1.82, 2.24) is 9.97 Å². The summed E-state index contributed by atoms with van der Waals surface area (Å²) in [6, 6.07) is 14.2. The van der Waals surface area contributed by atoms with Crippen molar-refractivity contribution < 1.29 is 0 Å². The second-order valence-electron chi connectivity index (χ2n) is 14.3. The fourth-order valence-corrected chi connectivity index (χ4v) is 16.4. The lowest BCUT2D eigenvalue weighted by atomic mass is 10.1. The first kappa shape index (κ1) is 29.6. The normalized spacial score (nSPS) is 13.7. The lowest BCUT2D eigenvalue weighted by molar-refractivity contribution is 0.702. The molecular weight excluding hydrogens is 506 g/mol. The number of hydrogen-bond acceptors (Lipinski definition) is 0.